The van der Waals surface area contributed by atoms with Crippen molar-refractivity contribution < 1.29 is 0 Å². The Morgan fingerprint density at radius 2 is 2.21 bits per heavy atom. The van der Waals surface area contributed by atoms with E-state index >= 15 is 0 Å². The summed E-state index contributed by atoms with van der Waals surface area (Å²) < 4.78 is 1.21. The normalized spacial score (nSPS) is 15.4. The second-order valence-corrected chi connectivity index (χ2v) is 4.51. The summed E-state index contributed by atoms with van der Waals surface area (Å²) >= 11 is 3.62. The van der Waals surface area contributed by atoms with Crippen molar-refractivity contribution in [3.05, 3.63) is 28.2 Å². The van der Waals surface area contributed by atoms with Crippen LogP contribution in [0.4, 0.5) is 5.69 Å². The lowest BCUT2D eigenvalue weighted by molar-refractivity contribution is 0.616. The van der Waals surface area contributed by atoms with Crippen molar-refractivity contribution >= 4 is 21.6 Å². The molecule has 0 amide bonds. The Balaban J connectivity index is 2.17. The minimum atomic E-state index is 0.929. The van der Waals surface area contributed by atoms with Gasteiger partial charge in [0.05, 0.1) is 5.69 Å². The molecular formula is C11H15BrN2. The molecule has 1 aliphatic heterocycles. The molecule has 1 saturated heterocycles. The van der Waals surface area contributed by atoms with Crippen LogP contribution in [0.1, 0.15) is 12.0 Å². The van der Waals surface area contributed by atoms with Gasteiger partial charge in [-0.25, -0.2) is 0 Å². The Bertz CT molecular complexity index is 321. The first kappa shape index (κ1) is 9.99. The molecule has 0 aliphatic carbocycles. The number of nitrogens with one attached hydrogen (secondary N) is 1. The third kappa shape index (κ3) is 1.93. The zero-order chi connectivity index (χ0) is 9.97. The highest BCUT2D eigenvalue weighted by atomic mass is 79.9. The number of anilines is 1. The van der Waals surface area contributed by atoms with Gasteiger partial charge in [0.2, 0.25) is 0 Å². The Hall–Kier alpha value is -0.540. The molecule has 0 atom stereocenters. The van der Waals surface area contributed by atoms with Gasteiger partial charge in [0.1, 0.15) is 0 Å². The number of nitrogens with zero attached hydrogens (tertiary/aromatic N) is 1. The molecule has 1 aromatic carbocycles. The van der Waals surface area contributed by atoms with Gasteiger partial charge in [-0.2, -0.15) is 0 Å². The first-order valence-electron chi connectivity index (χ1n) is 4.99. The fraction of sp³-hybridized carbons (Fsp3) is 0.455. The molecule has 1 heterocycles. The van der Waals surface area contributed by atoms with E-state index in [2.05, 4.69) is 44.3 Å². The van der Waals surface area contributed by atoms with Gasteiger partial charge in [-0.15, -0.1) is 0 Å². The summed E-state index contributed by atoms with van der Waals surface area (Å²) in [6.45, 7) is 3.33. The summed E-state index contributed by atoms with van der Waals surface area (Å²) in [5.74, 6) is 0. The van der Waals surface area contributed by atoms with Crippen molar-refractivity contribution in [1.82, 2.24) is 5.32 Å². The predicted octanol–water partition coefficient (Wildman–Crippen LogP) is 2.38. The summed E-state index contributed by atoms with van der Waals surface area (Å²) in [7, 11) is 1.97. The summed E-state index contributed by atoms with van der Waals surface area (Å²) in [5.41, 5.74) is 2.65. The van der Waals surface area contributed by atoms with Gasteiger partial charge in [0.25, 0.3) is 0 Å². The van der Waals surface area contributed by atoms with Gasteiger partial charge < -0.3 is 10.2 Å². The van der Waals surface area contributed by atoms with Crippen molar-refractivity contribution in [2.45, 2.75) is 13.0 Å². The maximum atomic E-state index is 3.62. The molecule has 1 N–H and O–H groups in total. The van der Waals surface area contributed by atoms with Gasteiger partial charge in [-0.1, -0.05) is 6.07 Å². The zero-order valence-corrected chi connectivity index (χ0v) is 9.97. The molecule has 0 bridgehead atoms. The van der Waals surface area contributed by atoms with Crippen LogP contribution >= 0.6 is 15.9 Å². The first-order valence-corrected chi connectivity index (χ1v) is 5.78. The van der Waals surface area contributed by atoms with E-state index < -0.39 is 0 Å². The first-order chi connectivity index (χ1) is 6.81. The van der Waals surface area contributed by atoms with Crippen LogP contribution < -0.4 is 10.2 Å². The third-order valence-corrected chi connectivity index (χ3v) is 3.22. The van der Waals surface area contributed by atoms with E-state index in [-0.39, 0.29) is 0 Å². The molecule has 76 valence electrons. The minimum absolute atomic E-state index is 0.929. The van der Waals surface area contributed by atoms with Gasteiger partial charge in [-0.3, -0.25) is 0 Å². The van der Waals surface area contributed by atoms with Crippen molar-refractivity contribution in [2.24, 2.45) is 0 Å². The molecule has 1 aromatic rings. The fourth-order valence-electron chi connectivity index (χ4n) is 1.68. The second-order valence-electron chi connectivity index (χ2n) is 3.66. The summed E-state index contributed by atoms with van der Waals surface area (Å²) in [4.78, 5) is 2.40. The van der Waals surface area contributed by atoms with E-state index in [0.29, 0.717) is 0 Å². The number of rotatable bonds is 3. The van der Waals surface area contributed by atoms with E-state index in [0.717, 1.165) is 6.54 Å². The molecular weight excluding hydrogens is 240 g/mol. The van der Waals surface area contributed by atoms with Gasteiger partial charge in [0, 0.05) is 24.1 Å². The fourth-order valence-corrected chi connectivity index (χ4v) is 2.36. The van der Waals surface area contributed by atoms with Crippen molar-refractivity contribution in [1.29, 1.82) is 0 Å². The molecule has 0 unspecified atom stereocenters. The molecule has 1 aliphatic rings. The van der Waals surface area contributed by atoms with Crippen LogP contribution in [-0.2, 0) is 6.54 Å². The van der Waals surface area contributed by atoms with Gasteiger partial charge >= 0.3 is 0 Å². The van der Waals surface area contributed by atoms with Crippen LogP contribution in [0.5, 0.6) is 0 Å². The molecule has 14 heavy (non-hydrogen) atoms. The molecule has 2 nitrogen and oxygen atoms in total. The highest BCUT2D eigenvalue weighted by Gasteiger charge is 2.16. The van der Waals surface area contributed by atoms with Crippen molar-refractivity contribution in [3.63, 3.8) is 0 Å². The lowest BCUT2D eigenvalue weighted by Gasteiger charge is -2.34. The Morgan fingerprint density at radius 3 is 2.71 bits per heavy atom. The largest absolute Gasteiger partial charge is 0.370 e. The van der Waals surface area contributed by atoms with Crippen LogP contribution in [0.15, 0.2) is 22.7 Å². The monoisotopic (exact) mass is 254 g/mol. The molecule has 0 radical (unpaired) electrons. The lowest BCUT2D eigenvalue weighted by Crippen LogP contribution is -2.37. The van der Waals surface area contributed by atoms with Gasteiger partial charge in [0.15, 0.2) is 0 Å². The average molecular weight is 255 g/mol. The van der Waals surface area contributed by atoms with Crippen LogP contribution in [0.3, 0.4) is 0 Å². The molecule has 1 fully saturated rings. The van der Waals surface area contributed by atoms with Crippen LogP contribution in [-0.4, -0.2) is 20.1 Å². The molecule has 0 spiro atoms. The zero-order valence-electron chi connectivity index (χ0n) is 8.39. The Labute approximate surface area is 93.4 Å². The van der Waals surface area contributed by atoms with E-state index in [9.17, 15) is 0 Å². The van der Waals surface area contributed by atoms with Gasteiger partial charge in [-0.05, 0) is 47.1 Å². The van der Waals surface area contributed by atoms with Crippen molar-refractivity contribution in [2.75, 3.05) is 25.0 Å². The molecule has 2 rings (SSSR count). The van der Waals surface area contributed by atoms with E-state index in [1.165, 1.54) is 35.2 Å². The average Bonchev–Trinajstić information content (AvgIpc) is 2.07. The highest BCUT2D eigenvalue weighted by molar-refractivity contribution is 9.10. The van der Waals surface area contributed by atoms with Crippen LogP contribution in [0.25, 0.3) is 0 Å². The van der Waals surface area contributed by atoms with E-state index in [4.69, 9.17) is 0 Å². The highest BCUT2D eigenvalue weighted by Crippen LogP contribution is 2.30. The smallest absolute Gasteiger partial charge is 0.0510 e. The predicted molar refractivity (Wildman–Crippen MR) is 63.7 cm³/mol. The number of hydrogen-bond donors (Lipinski definition) is 1. The Kier molecular flexibility index (Phi) is 3.08. The quantitative estimate of drug-likeness (QED) is 0.892. The summed E-state index contributed by atoms with van der Waals surface area (Å²) in [6.07, 6.45) is 1.32. The lowest BCUT2D eigenvalue weighted by atomic mass is 10.1. The Morgan fingerprint density at radius 1 is 1.43 bits per heavy atom. The van der Waals surface area contributed by atoms with Crippen LogP contribution in [0.2, 0.25) is 0 Å². The number of halogens is 1. The number of benzene rings is 1. The van der Waals surface area contributed by atoms with Crippen molar-refractivity contribution in [3.8, 4) is 0 Å². The molecule has 0 saturated carbocycles. The SMILES string of the molecule is CNCc1ccc(N2CCC2)c(Br)c1. The molecule has 3 heteroatoms. The standard InChI is InChI=1S/C11H15BrN2/c1-13-8-9-3-4-11(10(12)7-9)14-5-2-6-14/h3-4,7,13H,2,5-6,8H2,1H3. The maximum absolute atomic E-state index is 3.62. The summed E-state index contributed by atoms with van der Waals surface area (Å²) in [5, 5.41) is 3.15. The third-order valence-electron chi connectivity index (χ3n) is 2.59. The second kappa shape index (κ2) is 4.32. The number of hydrogen-bond acceptors (Lipinski definition) is 2. The van der Waals surface area contributed by atoms with E-state index in [1.807, 2.05) is 7.05 Å². The van der Waals surface area contributed by atoms with Crippen LogP contribution in [0, 0.1) is 0 Å². The molecule has 0 aromatic heterocycles. The topological polar surface area (TPSA) is 15.3 Å². The minimum Gasteiger partial charge on any atom is -0.370 e. The maximum Gasteiger partial charge on any atom is 0.0510 e. The summed E-state index contributed by atoms with van der Waals surface area (Å²) in [6, 6.07) is 6.59. The van der Waals surface area contributed by atoms with E-state index in [1.54, 1.807) is 0 Å².